The van der Waals surface area contributed by atoms with E-state index in [4.69, 9.17) is 26.8 Å². The van der Waals surface area contributed by atoms with Gasteiger partial charge in [-0.25, -0.2) is 4.79 Å². The molecular weight excluding hydrogens is 356 g/mol. The van der Waals surface area contributed by atoms with Crippen LogP contribution in [-0.2, 0) is 0 Å². The van der Waals surface area contributed by atoms with Crippen LogP contribution in [0.15, 0.2) is 36.4 Å². The lowest BCUT2D eigenvalue weighted by Gasteiger charge is -2.19. The minimum Gasteiger partial charge on any atom is -0.486 e. The molecule has 0 unspecified atom stereocenters. The zero-order chi connectivity index (χ0) is 18.7. The molecule has 0 radical (unpaired) electrons. The molecule has 0 saturated carbocycles. The highest BCUT2D eigenvalue weighted by molar-refractivity contribution is 7.80. The van der Waals surface area contributed by atoms with Crippen molar-refractivity contribution in [2.45, 2.75) is 6.92 Å². The molecule has 2 aromatic carbocycles. The number of ether oxygens (including phenoxy) is 2. The Labute approximate surface area is 154 Å². The minimum atomic E-state index is -1.03. The zero-order valence-corrected chi connectivity index (χ0v) is 14.7. The summed E-state index contributed by atoms with van der Waals surface area (Å²) in [5.41, 5.74) is 1.57. The van der Waals surface area contributed by atoms with Gasteiger partial charge in [-0.05, 0) is 55.0 Å². The molecule has 3 N–H and O–H groups in total. The van der Waals surface area contributed by atoms with Crippen LogP contribution in [0.1, 0.15) is 26.3 Å². The lowest BCUT2D eigenvalue weighted by Crippen LogP contribution is -2.34. The van der Waals surface area contributed by atoms with E-state index in [1.54, 1.807) is 37.3 Å². The number of carbonyl (C=O) groups excluding carboxylic acids is 1. The van der Waals surface area contributed by atoms with Crippen molar-refractivity contribution >= 4 is 34.9 Å². The SMILES string of the molecule is Cc1c(NC(=S)NC(=O)c2ccc3c(c2)OCCO3)cccc1C(=O)O. The summed E-state index contributed by atoms with van der Waals surface area (Å²) < 4.78 is 10.9. The fraction of sp³-hybridized carbons (Fsp3) is 0.167. The highest BCUT2D eigenvalue weighted by Gasteiger charge is 2.16. The van der Waals surface area contributed by atoms with Crippen molar-refractivity contribution in [1.82, 2.24) is 5.32 Å². The molecule has 7 nitrogen and oxygen atoms in total. The average Bonchev–Trinajstić information content (AvgIpc) is 2.62. The number of amides is 1. The number of anilines is 1. The van der Waals surface area contributed by atoms with E-state index in [2.05, 4.69) is 10.6 Å². The highest BCUT2D eigenvalue weighted by atomic mass is 32.1. The first-order chi connectivity index (χ1) is 12.5. The topological polar surface area (TPSA) is 96.9 Å². The summed E-state index contributed by atoms with van der Waals surface area (Å²) in [6.07, 6.45) is 0. The standard InChI is InChI=1S/C18H16N2O5S/c1-10-12(17(22)23)3-2-4-13(10)19-18(26)20-16(21)11-5-6-14-15(9-11)25-8-7-24-14/h2-6,9H,7-8H2,1H3,(H,22,23)(H2,19,20,21,26). The minimum absolute atomic E-state index is 0.0653. The molecule has 134 valence electrons. The number of hydrogen-bond donors (Lipinski definition) is 3. The van der Waals surface area contributed by atoms with Gasteiger partial charge in [0, 0.05) is 11.3 Å². The Kier molecular flexibility index (Phi) is 5.04. The molecule has 8 heteroatoms. The Morgan fingerprint density at radius 3 is 2.58 bits per heavy atom. The number of carboxylic acid groups (broad SMARTS) is 1. The lowest BCUT2D eigenvalue weighted by atomic mass is 10.1. The maximum Gasteiger partial charge on any atom is 0.336 e. The second-order valence-corrected chi connectivity index (χ2v) is 5.96. The van der Waals surface area contributed by atoms with Crippen LogP contribution >= 0.6 is 12.2 Å². The first-order valence-electron chi connectivity index (χ1n) is 7.80. The number of carboxylic acids is 1. The van der Waals surface area contributed by atoms with Crippen molar-refractivity contribution in [3.8, 4) is 11.5 Å². The first-order valence-corrected chi connectivity index (χ1v) is 8.21. The fourth-order valence-corrected chi connectivity index (χ4v) is 2.72. The predicted octanol–water partition coefficient (Wildman–Crippen LogP) is 2.59. The Bertz CT molecular complexity index is 897. The van der Waals surface area contributed by atoms with E-state index in [1.807, 2.05) is 0 Å². The van der Waals surface area contributed by atoms with Crippen LogP contribution < -0.4 is 20.1 Å². The Hall–Kier alpha value is -3.13. The highest BCUT2D eigenvalue weighted by Crippen LogP contribution is 2.30. The van der Waals surface area contributed by atoms with Gasteiger partial charge in [-0.2, -0.15) is 0 Å². The molecule has 0 atom stereocenters. The van der Waals surface area contributed by atoms with Crippen LogP contribution in [0.2, 0.25) is 0 Å². The normalized spacial score (nSPS) is 12.2. The van der Waals surface area contributed by atoms with E-state index in [0.29, 0.717) is 41.5 Å². The zero-order valence-electron chi connectivity index (χ0n) is 13.9. The monoisotopic (exact) mass is 372 g/mol. The van der Waals surface area contributed by atoms with E-state index in [9.17, 15) is 9.59 Å². The molecule has 1 aliphatic rings. The Morgan fingerprint density at radius 2 is 1.85 bits per heavy atom. The Balaban J connectivity index is 1.69. The molecule has 2 aromatic rings. The second-order valence-electron chi connectivity index (χ2n) is 5.55. The third-order valence-electron chi connectivity index (χ3n) is 3.84. The molecule has 0 saturated heterocycles. The third kappa shape index (κ3) is 3.75. The van der Waals surface area contributed by atoms with Crippen molar-refractivity contribution in [2.24, 2.45) is 0 Å². The third-order valence-corrected chi connectivity index (χ3v) is 4.05. The summed E-state index contributed by atoms with van der Waals surface area (Å²) in [4.78, 5) is 23.5. The van der Waals surface area contributed by atoms with Crippen molar-refractivity contribution in [1.29, 1.82) is 0 Å². The summed E-state index contributed by atoms with van der Waals surface area (Å²) >= 11 is 5.16. The van der Waals surface area contributed by atoms with E-state index in [-0.39, 0.29) is 10.7 Å². The fourth-order valence-electron chi connectivity index (χ4n) is 2.52. The van der Waals surface area contributed by atoms with Gasteiger partial charge in [0.1, 0.15) is 13.2 Å². The number of fused-ring (bicyclic) bond motifs is 1. The van der Waals surface area contributed by atoms with Gasteiger partial charge in [-0.3, -0.25) is 10.1 Å². The molecule has 1 aliphatic heterocycles. The molecule has 1 amide bonds. The maximum atomic E-state index is 12.4. The summed E-state index contributed by atoms with van der Waals surface area (Å²) in [6.45, 7) is 2.57. The van der Waals surface area contributed by atoms with Gasteiger partial charge in [-0.1, -0.05) is 6.07 Å². The van der Waals surface area contributed by atoms with Crippen LogP contribution in [0.5, 0.6) is 11.5 Å². The number of hydrogen-bond acceptors (Lipinski definition) is 5. The number of carbonyl (C=O) groups is 2. The van der Waals surface area contributed by atoms with Gasteiger partial charge < -0.3 is 19.9 Å². The van der Waals surface area contributed by atoms with E-state index >= 15 is 0 Å². The second kappa shape index (κ2) is 7.40. The average molecular weight is 372 g/mol. The number of aromatic carboxylic acids is 1. The van der Waals surface area contributed by atoms with Crippen molar-refractivity contribution in [3.63, 3.8) is 0 Å². The molecule has 0 aliphatic carbocycles. The Morgan fingerprint density at radius 1 is 1.12 bits per heavy atom. The number of nitrogens with one attached hydrogen (secondary N) is 2. The summed E-state index contributed by atoms with van der Waals surface area (Å²) in [6, 6.07) is 9.65. The van der Waals surface area contributed by atoms with Crippen LogP contribution in [0.4, 0.5) is 5.69 Å². The van der Waals surface area contributed by atoms with Gasteiger partial charge in [0.15, 0.2) is 16.6 Å². The molecule has 0 aromatic heterocycles. The van der Waals surface area contributed by atoms with Crippen molar-refractivity contribution in [2.75, 3.05) is 18.5 Å². The molecule has 3 rings (SSSR count). The lowest BCUT2D eigenvalue weighted by molar-refractivity contribution is 0.0696. The largest absolute Gasteiger partial charge is 0.486 e. The van der Waals surface area contributed by atoms with Crippen LogP contribution in [0.3, 0.4) is 0 Å². The summed E-state index contributed by atoms with van der Waals surface area (Å²) in [7, 11) is 0. The molecule has 1 heterocycles. The smallest absolute Gasteiger partial charge is 0.336 e. The quantitative estimate of drug-likeness (QED) is 0.713. The van der Waals surface area contributed by atoms with Gasteiger partial charge in [0.25, 0.3) is 5.91 Å². The van der Waals surface area contributed by atoms with Crippen LogP contribution in [-0.4, -0.2) is 35.3 Å². The number of thiocarbonyl (C=S) groups is 1. The maximum absolute atomic E-state index is 12.4. The van der Waals surface area contributed by atoms with Gasteiger partial charge in [0.2, 0.25) is 0 Å². The molecule has 0 bridgehead atoms. The molecular formula is C18H16N2O5S. The van der Waals surface area contributed by atoms with Crippen LogP contribution in [0, 0.1) is 6.92 Å². The van der Waals surface area contributed by atoms with Crippen molar-refractivity contribution < 1.29 is 24.2 Å². The number of rotatable bonds is 3. The van der Waals surface area contributed by atoms with E-state index in [1.165, 1.54) is 6.07 Å². The predicted molar refractivity (Wildman–Crippen MR) is 99.3 cm³/mol. The van der Waals surface area contributed by atoms with E-state index in [0.717, 1.165) is 0 Å². The van der Waals surface area contributed by atoms with Gasteiger partial charge in [-0.15, -0.1) is 0 Å². The number of benzene rings is 2. The van der Waals surface area contributed by atoms with Crippen LogP contribution in [0.25, 0.3) is 0 Å². The molecule has 0 spiro atoms. The van der Waals surface area contributed by atoms with Gasteiger partial charge >= 0.3 is 5.97 Å². The molecule has 26 heavy (non-hydrogen) atoms. The van der Waals surface area contributed by atoms with E-state index < -0.39 is 11.9 Å². The van der Waals surface area contributed by atoms with Crippen molar-refractivity contribution in [3.05, 3.63) is 53.1 Å². The first kappa shape index (κ1) is 17.7. The summed E-state index contributed by atoms with van der Waals surface area (Å²) in [5, 5.41) is 14.6. The summed E-state index contributed by atoms with van der Waals surface area (Å²) in [5.74, 6) is -0.341. The molecule has 0 fully saturated rings. The van der Waals surface area contributed by atoms with Gasteiger partial charge in [0.05, 0.1) is 5.56 Å².